The van der Waals surface area contributed by atoms with Gasteiger partial charge in [0.15, 0.2) is 0 Å². The van der Waals surface area contributed by atoms with Crippen molar-refractivity contribution in [2.75, 3.05) is 0 Å². The normalized spacial score (nSPS) is 12.8. The van der Waals surface area contributed by atoms with Crippen molar-refractivity contribution in [1.82, 2.24) is 9.78 Å². The number of rotatable bonds is 2. The van der Waals surface area contributed by atoms with Crippen LogP contribution in [0.3, 0.4) is 0 Å². The fourth-order valence-corrected chi connectivity index (χ4v) is 2.09. The summed E-state index contributed by atoms with van der Waals surface area (Å²) in [5.41, 5.74) is 8.12. The first-order chi connectivity index (χ1) is 7.59. The van der Waals surface area contributed by atoms with Gasteiger partial charge in [-0.05, 0) is 46.4 Å². The van der Waals surface area contributed by atoms with Gasteiger partial charge < -0.3 is 5.73 Å². The number of nitrogens with zero attached hydrogens (tertiary/aromatic N) is 2. The van der Waals surface area contributed by atoms with Gasteiger partial charge in [0.05, 0.1) is 16.8 Å². The minimum absolute atomic E-state index is 0.193. The molecule has 2 aromatic rings. The summed E-state index contributed by atoms with van der Waals surface area (Å²) in [5, 5.41) is 4.84. The van der Waals surface area contributed by atoms with E-state index in [0.29, 0.717) is 0 Å². The molecule has 0 radical (unpaired) electrons. The van der Waals surface area contributed by atoms with E-state index in [9.17, 15) is 0 Å². The Balaban J connectivity index is 2.38. The second-order valence-electron chi connectivity index (χ2n) is 3.53. The van der Waals surface area contributed by atoms with Crippen LogP contribution in [0.2, 0.25) is 5.02 Å². The highest BCUT2D eigenvalue weighted by Gasteiger charge is 2.13. The Labute approximate surface area is 113 Å². The van der Waals surface area contributed by atoms with Gasteiger partial charge in [-0.25, -0.2) is 0 Å². The van der Waals surface area contributed by atoms with Gasteiger partial charge in [-0.3, -0.25) is 4.68 Å². The highest BCUT2D eigenvalue weighted by Crippen LogP contribution is 2.25. The minimum atomic E-state index is -0.193. The SMILES string of the molecule is Cn1nccc1C(N)c1ccc(I)c(Cl)c1. The van der Waals surface area contributed by atoms with Crippen LogP contribution < -0.4 is 5.73 Å². The molecule has 0 saturated carbocycles. The number of hydrogen-bond acceptors (Lipinski definition) is 2. The Kier molecular flexibility index (Phi) is 3.51. The van der Waals surface area contributed by atoms with Crippen molar-refractivity contribution in [3.05, 3.63) is 50.3 Å². The summed E-state index contributed by atoms with van der Waals surface area (Å²) in [4.78, 5) is 0. The molecule has 2 N–H and O–H groups in total. The first-order valence-electron chi connectivity index (χ1n) is 4.78. The molecule has 84 valence electrons. The van der Waals surface area contributed by atoms with E-state index in [1.165, 1.54) is 0 Å². The first kappa shape index (κ1) is 11.9. The topological polar surface area (TPSA) is 43.8 Å². The molecule has 0 spiro atoms. The molecule has 0 amide bonds. The standard InChI is InChI=1S/C11H11ClIN3/c1-16-10(4-5-15-16)11(14)7-2-3-9(13)8(12)6-7/h2-6,11H,14H2,1H3. The lowest BCUT2D eigenvalue weighted by atomic mass is 10.1. The van der Waals surface area contributed by atoms with E-state index in [2.05, 4.69) is 27.7 Å². The Morgan fingerprint density at radius 1 is 1.44 bits per heavy atom. The van der Waals surface area contributed by atoms with E-state index >= 15 is 0 Å². The summed E-state index contributed by atoms with van der Waals surface area (Å²) in [6, 6.07) is 7.58. The largest absolute Gasteiger partial charge is 0.319 e. The monoisotopic (exact) mass is 347 g/mol. The van der Waals surface area contributed by atoms with Crippen LogP contribution in [0.15, 0.2) is 30.5 Å². The van der Waals surface area contributed by atoms with Crippen LogP contribution in [0.4, 0.5) is 0 Å². The molecule has 0 fully saturated rings. The number of halogens is 2. The van der Waals surface area contributed by atoms with Crippen LogP contribution in [0, 0.1) is 3.57 Å². The van der Waals surface area contributed by atoms with E-state index < -0.39 is 0 Å². The molecule has 2 rings (SSSR count). The maximum absolute atomic E-state index is 6.16. The zero-order valence-corrected chi connectivity index (χ0v) is 11.6. The molecule has 1 unspecified atom stereocenters. The smallest absolute Gasteiger partial charge is 0.0723 e. The fraction of sp³-hybridized carbons (Fsp3) is 0.182. The van der Waals surface area contributed by atoms with E-state index in [-0.39, 0.29) is 6.04 Å². The second-order valence-corrected chi connectivity index (χ2v) is 5.10. The number of aryl methyl sites for hydroxylation is 1. The van der Waals surface area contributed by atoms with Gasteiger partial charge in [-0.2, -0.15) is 5.10 Å². The zero-order chi connectivity index (χ0) is 11.7. The molecule has 1 atom stereocenters. The zero-order valence-electron chi connectivity index (χ0n) is 8.69. The Bertz CT molecular complexity index is 510. The molecule has 1 heterocycles. The van der Waals surface area contributed by atoms with Crippen molar-refractivity contribution in [3.63, 3.8) is 0 Å². The van der Waals surface area contributed by atoms with Crippen LogP contribution in [-0.4, -0.2) is 9.78 Å². The second kappa shape index (κ2) is 4.73. The van der Waals surface area contributed by atoms with E-state index in [0.717, 1.165) is 19.9 Å². The van der Waals surface area contributed by atoms with E-state index in [1.807, 2.05) is 31.3 Å². The lowest BCUT2D eigenvalue weighted by molar-refractivity contribution is 0.673. The van der Waals surface area contributed by atoms with Crippen LogP contribution in [0.5, 0.6) is 0 Å². The summed E-state index contributed by atoms with van der Waals surface area (Å²) in [5.74, 6) is 0. The van der Waals surface area contributed by atoms with Crippen molar-refractivity contribution in [2.45, 2.75) is 6.04 Å². The van der Waals surface area contributed by atoms with E-state index in [1.54, 1.807) is 10.9 Å². The van der Waals surface area contributed by atoms with Crippen molar-refractivity contribution in [1.29, 1.82) is 0 Å². The van der Waals surface area contributed by atoms with Gasteiger partial charge in [0.1, 0.15) is 0 Å². The summed E-state index contributed by atoms with van der Waals surface area (Å²) in [6.45, 7) is 0. The lowest BCUT2D eigenvalue weighted by Gasteiger charge is -2.13. The lowest BCUT2D eigenvalue weighted by Crippen LogP contribution is -2.15. The molecule has 3 nitrogen and oxygen atoms in total. The van der Waals surface area contributed by atoms with Crippen molar-refractivity contribution < 1.29 is 0 Å². The van der Waals surface area contributed by atoms with Crippen molar-refractivity contribution in [3.8, 4) is 0 Å². The predicted molar refractivity (Wildman–Crippen MR) is 73.4 cm³/mol. The van der Waals surface area contributed by atoms with Crippen LogP contribution >= 0.6 is 34.2 Å². The minimum Gasteiger partial charge on any atom is -0.319 e. The third kappa shape index (κ3) is 2.23. The summed E-state index contributed by atoms with van der Waals surface area (Å²) in [6.07, 6.45) is 1.74. The van der Waals surface area contributed by atoms with Gasteiger partial charge in [-0.1, -0.05) is 17.7 Å². The number of hydrogen-bond donors (Lipinski definition) is 1. The molecule has 0 saturated heterocycles. The van der Waals surface area contributed by atoms with Gasteiger partial charge in [-0.15, -0.1) is 0 Å². The van der Waals surface area contributed by atoms with Crippen LogP contribution in [0.25, 0.3) is 0 Å². The molecule has 0 aliphatic heterocycles. The maximum atomic E-state index is 6.16. The average Bonchev–Trinajstić information content (AvgIpc) is 2.67. The van der Waals surface area contributed by atoms with Gasteiger partial charge in [0, 0.05) is 16.8 Å². The summed E-state index contributed by atoms with van der Waals surface area (Å²) >= 11 is 8.27. The molecule has 16 heavy (non-hydrogen) atoms. The molecule has 0 bridgehead atoms. The number of nitrogens with two attached hydrogens (primary N) is 1. The highest BCUT2D eigenvalue weighted by molar-refractivity contribution is 14.1. The van der Waals surface area contributed by atoms with Gasteiger partial charge >= 0.3 is 0 Å². The van der Waals surface area contributed by atoms with Crippen molar-refractivity contribution >= 4 is 34.2 Å². The molecule has 1 aromatic heterocycles. The number of benzene rings is 1. The molecule has 5 heteroatoms. The first-order valence-corrected chi connectivity index (χ1v) is 6.23. The van der Waals surface area contributed by atoms with E-state index in [4.69, 9.17) is 17.3 Å². The maximum Gasteiger partial charge on any atom is 0.0723 e. The van der Waals surface area contributed by atoms with Crippen LogP contribution in [-0.2, 0) is 7.05 Å². The van der Waals surface area contributed by atoms with Gasteiger partial charge in [0.25, 0.3) is 0 Å². The average molecular weight is 348 g/mol. The Morgan fingerprint density at radius 2 is 2.19 bits per heavy atom. The molecule has 0 aliphatic carbocycles. The molecule has 0 aliphatic rings. The molecular formula is C11H11ClIN3. The highest BCUT2D eigenvalue weighted by atomic mass is 127. The fourth-order valence-electron chi connectivity index (χ4n) is 1.57. The van der Waals surface area contributed by atoms with Gasteiger partial charge in [0.2, 0.25) is 0 Å². The third-order valence-corrected chi connectivity index (χ3v) is 4.05. The molecule has 1 aromatic carbocycles. The summed E-state index contributed by atoms with van der Waals surface area (Å²) in [7, 11) is 1.88. The number of aromatic nitrogens is 2. The quantitative estimate of drug-likeness (QED) is 0.849. The molecular weight excluding hydrogens is 336 g/mol. The third-order valence-electron chi connectivity index (χ3n) is 2.48. The Hall–Kier alpha value is -0.590. The van der Waals surface area contributed by atoms with Crippen LogP contribution in [0.1, 0.15) is 17.3 Å². The Morgan fingerprint density at radius 3 is 2.75 bits per heavy atom. The van der Waals surface area contributed by atoms with Crippen molar-refractivity contribution in [2.24, 2.45) is 12.8 Å². The summed E-state index contributed by atoms with van der Waals surface area (Å²) < 4.78 is 2.80. The predicted octanol–water partition coefficient (Wildman–Crippen LogP) is 2.73.